The average molecular weight is 358 g/mol. The van der Waals surface area contributed by atoms with Crippen LogP contribution < -0.4 is 0 Å². The Morgan fingerprint density at radius 1 is 0.760 bits per heavy atom. The van der Waals surface area contributed by atoms with Crippen LogP contribution in [0, 0.1) is 5.41 Å². The highest BCUT2D eigenvalue weighted by Crippen LogP contribution is 2.38. The van der Waals surface area contributed by atoms with Crippen LogP contribution in [0.3, 0.4) is 0 Å². The van der Waals surface area contributed by atoms with E-state index in [0.29, 0.717) is 25.7 Å². The number of carboxylic acids is 2. The Bertz CT molecular complexity index is 381. The van der Waals surface area contributed by atoms with E-state index in [9.17, 15) is 14.4 Å². The van der Waals surface area contributed by atoms with Crippen molar-refractivity contribution in [3.8, 4) is 0 Å². The molecule has 0 heterocycles. The maximum atomic E-state index is 12.5. The number of carboxylic acid groups (broad SMARTS) is 2. The Balaban J connectivity index is 4.65. The molecule has 0 saturated carbocycles. The molecule has 0 aliphatic carbocycles. The first-order valence-corrected chi connectivity index (χ1v) is 9.40. The monoisotopic (exact) mass is 358 g/mol. The van der Waals surface area contributed by atoms with E-state index in [-0.39, 0.29) is 18.8 Å². The summed E-state index contributed by atoms with van der Waals surface area (Å²) in [6.07, 6.45) is 8.89. The van der Waals surface area contributed by atoms with Crippen LogP contribution in [-0.2, 0) is 19.1 Å². The van der Waals surface area contributed by atoms with E-state index in [1.807, 2.05) is 0 Å². The zero-order chi connectivity index (χ0) is 19.1. The first-order chi connectivity index (χ1) is 11.9. The highest BCUT2D eigenvalue weighted by Gasteiger charge is 2.37. The summed E-state index contributed by atoms with van der Waals surface area (Å²) in [4.78, 5) is 33.7. The molecule has 0 rings (SSSR count). The standard InChI is InChI=1S/C19H34O6/c1-3-4-13-19(18(24)25-2,14-9-5-7-11-16(20)21)15-10-6-8-12-17(22)23/h3-15H2,1-2H3,(H,20,21)(H,22,23). The summed E-state index contributed by atoms with van der Waals surface area (Å²) in [6.45, 7) is 2.09. The molecule has 0 amide bonds. The van der Waals surface area contributed by atoms with Gasteiger partial charge in [0.2, 0.25) is 0 Å². The highest BCUT2D eigenvalue weighted by molar-refractivity contribution is 5.76. The summed E-state index contributed by atoms with van der Waals surface area (Å²) in [7, 11) is 1.41. The number of ether oxygens (including phenoxy) is 1. The zero-order valence-electron chi connectivity index (χ0n) is 15.7. The molecular weight excluding hydrogens is 324 g/mol. The van der Waals surface area contributed by atoms with Crippen LogP contribution in [-0.4, -0.2) is 35.2 Å². The third-order valence-electron chi connectivity index (χ3n) is 4.72. The number of aliphatic carboxylic acids is 2. The van der Waals surface area contributed by atoms with Crippen molar-refractivity contribution < 1.29 is 29.3 Å². The molecular formula is C19H34O6. The van der Waals surface area contributed by atoms with Gasteiger partial charge in [0.05, 0.1) is 12.5 Å². The third kappa shape index (κ3) is 10.8. The first-order valence-electron chi connectivity index (χ1n) is 9.40. The fourth-order valence-corrected chi connectivity index (χ4v) is 3.25. The van der Waals surface area contributed by atoms with E-state index in [1.165, 1.54) is 7.11 Å². The van der Waals surface area contributed by atoms with Crippen LogP contribution in [0.2, 0.25) is 0 Å². The molecule has 6 nitrogen and oxygen atoms in total. The maximum absolute atomic E-state index is 12.5. The molecule has 6 heteroatoms. The smallest absolute Gasteiger partial charge is 0.311 e. The van der Waals surface area contributed by atoms with Crippen molar-refractivity contribution in [1.29, 1.82) is 0 Å². The van der Waals surface area contributed by atoms with E-state index in [1.54, 1.807) is 0 Å². The second-order valence-corrected chi connectivity index (χ2v) is 6.78. The van der Waals surface area contributed by atoms with Crippen molar-refractivity contribution in [3.63, 3.8) is 0 Å². The third-order valence-corrected chi connectivity index (χ3v) is 4.72. The lowest BCUT2D eigenvalue weighted by atomic mass is 9.74. The molecule has 0 aromatic carbocycles. The molecule has 0 bridgehead atoms. The number of unbranched alkanes of at least 4 members (excludes halogenated alkanes) is 5. The maximum Gasteiger partial charge on any atom is 0.311 e. The number of carbonyl (C=O) groups excluding carboxylic acids is 1. The van der Waals surface area contributed by atoms with Crippen molar-refractivity contribution >= 4 is 17.9 Å². The molecule has 146 valence electrons. The summed E-state index contributed by atoms with van der Waals surface area (Å²) in [6, 6.07) is 0. The van der Waals surface area contributed by atoms with Gasteiger partial charge < -0.3 is 14.9 Å². The van der Waals surface area contributed by atoms with Gasteiger partial charge in [-0.25, -0.2) is 0 Å². The topological polar surface area (TPSA) is 101 Å². The second kappa shape index (κ2) is 13.7. The van der Waals surface area contributed by atoms with E-state index in [2.05, 4.69) is 6.92 Å². The molecule has 0 radical (unpaired) electrons. The molecule has 0 fully saturated rings. The molecule has 0 unspecified atom stereocenters. The van der Waals surface area contributed by atoms with Gasteiger partial charge in [0, 0.05) is 12.8 Å². The van der Waals surface area contributed by atoms with E-state index >= 15 is 0 Å². The molecule has 0 aliphatic heterocycles. The molecule has 0 aliphatic rings. The molecule has 0 aromatic heterocycles. The molecule has 0 aromatic rings. The first kappa shape index (κ1) is 23.4. The van der Waals surface area contributed by atoms with E-state index < -0.39 is 17.4 Å². The van der Waals surface area contributed by atoms with Crippen molar-refractivity contribution in [1.82, 2.24) is 0 Å². The summed E-state index contributed by atoms with van der Waals surface area (Å²) in [5.41, 5.74) is -0.517. The lowest BCUT2D eigenvalue weighted by molar-refractivity contribution is -0.155. The minimum atomic E-state index is -0.788. The van der Waals surface area contributed by atoms with Gasteiger partial charge in [-0.1, -0.05) is 45.4 Å². The van der Waals surface area contributed by atoms with Crippen LogP contribution in [0.4, 0.5) is 0 Å². The predicted molar refractivity (Wildman–Crippen MR) is 95.4 cm³/mol. The largest absolute Gasteiger partial charge is 0.481 e. The molecule has 0 saturated heterocycles. The number of rotatable bonds is 16. The Kier molecular flexibility index (Phi) is 12.8. The van der Waals surface area contributed by atoms with Crippen molar-refractivity contribution in [2.75, 3.05) is 7.11 Å². The normalized spacial score (nSPS) is 11.3. The second-order valence-electron chi connectivity index (χ2n) is 6.78. The van der Waals surface area contributed by atoms with Crippen LogP contribution in [0.15, 0.2) is 0 Å². The van der Waals surface area contributed by atoms with Crippen LogP contribution in [0.5, 0.6) is 0 Å². The van der Waals surface area contributed by atoms with Crippen molar-refractivity contribution in [3.05, 3.63) is 0 Å². The summed E-state index contributed by atoms with van der Waals surface area (Å²) in [5.74, 6) is -1.76. The van der Waals surface area contributed by atoms with Crippen LogP contribution >= 0.6 is 0 Å². The fourth-order valence-electron chi connectivity index (χ4n) is 3.25. The van der Waals surface area contributed by atoms with Gasteiger partial charge in [-0.3, -0.25) is 14.4 Å². The van der Waals surface area contributed by atoms with Crippen molar-refractivity contribution in [2.45, 2.75) is 90.4 Å². The SMILES string of the molecule is CCCCC(CCCCCC(=O)O)(CCCCCC(=O)O)C(=O)OC. The lowest BCUT2D eigenvalue weighted by Crippen LogP contribution is -2.32. The van der Waals surface area contributed by atoms with Gasteiger partial charge in [0.25, 0.3) is 0 Å². The summed E-state index contributed by atoms with van der Waals surface area (Å²) >= 11 is 0. The van der Waals surface area contributed by atoms with E-state index in [4.69, 9.17) is 14.9 Å². The minimum Gasteiger partial charge on any atom is -0.481 e. The quantitative estimate of drug-likeness (QED) is 0.313. The highest BCUT2D eigenvalue weighted by atomic mass is 16.5. The molecule has 0 atom stereocenters. The van der Waals surface area contributed by atoms with Crippen LogP contribution in [0.25, 0.3) is 0 Å². The number of hydrogen-bond acceptors (Lipinski definition) is 4. The summed E-state index contributed by atoms with van der Waals surface area (Å²) in [5, 5.41) is 17.4. The number of methoxy groups -OCH3 is 1. The number of carbonyl (C=O) groups is 3. The Labute approximate surface area is 150 Å². The lowest BCUT2D eigenvalue weighted by Gasteiger charge is -2.31. The molecule has 25 heavy (non-hydrogen) atoms. The summed E-state index contributed by atoms with van der Waals surface area (Å²) < 4.78 is 5.08. The van der Waals surface area contributed by atoms with Gasteiger partial charge in [0.1, 0.15) is 0 Å². The Morgan fingerprint density at radius 3 is 1.56 bits per heavy atom. The van der Waals surface area contributed by atoms with Gasteiger partial charge in [-0.15, -0.1) is 0 Å². The van der Waals surface area contributed by atoms with Gasteiger partial charge >= 0.3 is 17.9 Å². The van der Waals surface area contributed by atoms with Gasteiger partial charge in [0.15, 0.2) is 0 Å². The van der Waals surface area contributed by atoms with Gasteiger partial charge in [-0.05, 0) is 32.1 Å². The predicted octanol–water partition coefficient (Wildman–Crippen LogP) is 4.41. The Hall–Kier alpha value is -1.59. The Morgan fingerprint density at radius 2 is 1.20 bits per heavy atom. The van der Waals surface area contributed by atoms with Gasteiger partial charge in [-0.2, -0.15) is 0 Å². The molecule has 0 spiro atoms. The average Bonchev–Trinajstić information content (AvgIpc) is 2.57. The minimum absolute atomic E-state index is 0.162. The molecule has 2 N–H and O–H groups in total. The fraction of sp³-hybridized carbons (Fsp3) is 0.842. The van der Waals surface area contributed by atoms with Crippen LogP contribution in [0.1, 0.15) is 90.4 Å². The van der Waals surface area contributed by atoms with E-state index in [0.717, 1.165) is 44.9 Å². The zero-order valence-corrected chi connectivity index (χ0v) is 15.7. The van der Waals surface area contributed by atoms with Crippen molar-refractivity contribution in [2.24, 2.45) is 5.41 Å². The number of hydrogen-bond donors (Lipinski definition) is 2. The number of esters is 1.